The van der Waals surface area contributed by atoms with Gasteiger partial charge in [-0.2, -0.15) is 0 Å². The van der Waals surface area contributed by atoms with E-state index < -0.39 is 29.7 Å². The second-order valence-corrected chi connectivity index (χ2v) is 7.64. The molecule has 0 unspecified atom stereocenters. The number of Topliss-reactive ketones (excluding diaryl/α,β-unsaturated/α-hetero) is 1. The van der Waals surface area contributed by atoms with Crippen molar-refractivity contribution in [3.8, 4) is 5.75 Å². The second-order valence-electron chi connectivity index (χ2n) is 6.29. The molecule has 27 heavy (non-hydrogen) atoms. The van der Waals surface area contributed by atoms with Crippen LogP contribution in [0.5, 0.6) is 5.75 Å². The van der Waals surface area contributed by atoms with Crippen molar-refractivity contribution in [2.75, 3.05) is 7.11 Å². The molecule has 0 spiro atoms. The lowest BCUT2D eigenvalue weighted by atomic mass is 9.73. The molecule has 0 aliphatic carbocycles. The summed E-state index contributed by atoms with van der Waals surface area (Å²) in [6.45, 7) is 1.70. The second kappa shape index (κ2) is 7.82. The molecule has 140 valence electrons. The van der Waals surface area contributed by atoms with Gasteiger partial charge in [0.1, 0.15) is 5.75 Å². The summed E-state index contributed by atoms with van der Waals surface area (Å²) in [5, 5.41) is 0.516. The van der Waals surface area contributed by atoms with Gasteiger partial charge in [-0.05, 0) is 42.5 Å². The summed E-state index contributed by atoms with van der Waals surface area (Å²) in [5.74, 6) is -3.92. The maximum absolute atomic E-state index is 13.1. The monoisotopic (exact) mass is 450 g/mol. The molecule has 3 rings (SSSR count). The van der Waals surface area contributed by atoms with Crippen LogP contribution in [0.1, 0.15) is 28.8 Å². The number of ether oxygens (including phenoxy) is 2. The van der Waals surface area contributed by atoms with E-state index in [9.17, 15) is 14.4 Å². The Hall–Kier alpha value is -2.18. The van der Waals surface area contributed by atoms with E-state index in [1.807, 2.05) is 0 Å². The highest BCUT2D eigenvalue weighted by Crippen LogP contribution is 2.44. The van der Waals surface area contributed by atoms with Gasteiger partial charge in [-0.1, -0.05) is 34.5 Å². The Labute approximate surface area is 169 Å². The molecule has 5 nitrogen and oxygen atoms in total. The lowest BCUT2D eigenvalue weighted by Gasteiger charge is -2.33. The average Bonchev–Trinajstić information content (AvgIpc) is 2.66. The molecule has 0 fully saturated rings. The molecule has 2 aromatic rings. The van der Waals surface area contributed by atoms with Gasteiger partial charge in [-0.15, -0.1) is 0 Å². The number of ketones is 1. The van der Waals surface area contributed by atoms with Gasteiger partial charge < -0.3 is 9.47 Å². The van der Waals surface area contributed by atoms with Crippen LogP contribution in [0.4, 0.5) is 0 Å². The largest absolute Gasteiger partial charge is 0.468 e. The minimum atomic E-state index is -1.22. The molecule has 1 aliphatic heterocycles. The maximum Gasteiger partial charge on any atom is 0.326 e. The molecule has 1 heterocycles. The van der Waals surface area contributed by atoms with E-state index in [2.05, 4.69) is 15.9 Å². The lowest BCUT2D eigenvalue weighted by molar-refractivity contribution is -0.158. The van der Waals surface area contributed by atoms with Crippen LogP contribution in [0.15, 0.2) is 46.9 Å². The van der Waals surface area contributed by atoms with Gasteiger partial charge in [-0.25, -0.2) is 0 Å². The van der Waals surface area contributed by atoms with Crippen molar-refractivity contribution in [3.63, 3.8) is 0 Å². The molecule has 0 aromatic heterocycles. The summed E-state index contributed by atoms with van der Waals surface area (Å²) in [4.78, 5) is 37.9. The van der Waals surface area contributed by atoms with E-state index >= 15 is 0 Å². The smallest absolute Gasteiger partial charge is 0.326 e. The number of benzene rings is 2. The Bertz CT molecular complexity index is 909. The summed E-state index contributed by atoms with van der Waals surface area (Å²) >= 11 is 9.28. The number of halogens is 2. The first kappa shape index (κ1) is 19.6. The number of hydrogen-bond acceptors (Lipinski definition) is 5. The molecule has 0 amide bonds. The fourth-order valence-electron chi connectivity index (χ4n) is 3.34. The van der Waals surface area contributed by atoms with Crippen molar-refractivity contribution in [1.29, 1.82) is 0 Å². The zero-order valence-electron chi connectivity index (χ0n) is 14.6. The molecule has 3 atom stereocenters. The van der Waals surface area contributed by atoms with Crippen LogP contribution in [0.3, 0.4) is 0 Å². The number of fused-ring (bicyclic) bond motifs is 1. The first-order chi connectivity index (χ1) is 12.8. The molecule has 7 heteroatoms. The Morgan fingerprint density at radius 2 is 1.85 bits per heavy atom. The fourth-order valence-corrected chi connectivity index (χ4v) is 3.84. The third-order valence-corrected chi connectivity index (χ3v) is 5.44. The number of hydrogen-bond donors (Lipinski definition) is 0. The summed E-state index contributed by atoms with van der Waals surface area (Å²) in [7, 11) is 1.20. The van der Waals surface area contributed by atoms with Gasteiger partial charge in [0.05, 0.1) is 7.11 Å². The number of rotatable bonds is 4. The highest BCUT2D eigenvalue weighted by Gasteiger charge is 2.47. The summed E-state index contributed by atoms with van der Waals surface area (Å²) < 4.78 is 10.9. The van der Waals surface area contributed by atoms with Crippen LogP contribution >= 0.6 is 27.5 Å². The van der Waals surface area contributed by atoms with Crippen LogP contribution in [-0.2, 0) is 14.3 Å². The highest BCUT2D eigenvalue weighted by molar-refractivity contribution is 9.10. The molecule has 0 saturated carbocycles. The van der Waals surface area contributed by atoms with Crippen molar-refractivity contribution < 1.29 is 23.9 Å². The number of carbonyl (C=O) groups excluding carboxylic acids is 3. The first-order valence-electron chi connectivity index (χ1n) is 8.22. The standard InChI is InChI=1S/C20H16BrClO5/c1-10(18(23)11-3-6-13(22)7-4-11)16-14-9-12(21)5-8-15(14)27-20(25)17(16)19(24)26-2/h3-10,16-17H,1-2H3/t10-,16+,17-/m1/s1. The molecule has 0 bridgehead atoms. The highest BCUT2D eigenvalue weighted by atomic mass is 79.9. The normalized spacial score (nSPS) is 19.6. The molecule has 0 N–H and O–H groups in total. The Balaban J connectivity index is 2.08. The predicted octanol–water partition coefficient (Wildman–Crippen LogP) is 4.41. The van der Waals surface area contributed by atoms with Crippen molar-refractivity contribution in [3.05, 3.63) is 63.1 Å². The third-order valence-electron chi connectivity index (χ3n) is 4.69. The molecular weight excluding hydrogens is 436 g/mol. The van der Waals surface area contributed by atoms with Crippen LogP contribution in [0, 0.1) is 11.8 Å². The van der Waals surface area contributed by atoms with Gasteiger partial charge in [0, 0.05) is 32.5 Å². The van der Waals surface area contributed by atoms with Crippen molar-refractivity contribution in [1.82, 2.24) is 0 Å². The third kappa shape index (κ3) is 3.77. The SMILES string of the molecule is COC(=O)[C@@H]1C(=O)Oc2ccc(Br)cc2[C@@H]1[C@@H](C)C(=O)c1ccc(Cl)cc1. The average molecular weight is 452 g/mol. The summed E-state index contributed by atoms with van der Waals surface area (Å²) in [6, 6.07) is 11.6. The van der Waals surface area contributed by atoms with Crippen LogP contribution < -0.4 is 4.74 Å². The number of carbonyl (C=O) groups is 3. The van der Waals surface area contributed by atoms with E-state index in [0.29, 0.717) is 21.9 Å². The fraction of sp³-hybridized carbons (Fsp3) is 0.250. The first-order valence-corrected chi connectivity index (χ1v) is 9.39. The zero-order chi connectivity index (χ0) is 19.7. The molecule has 0 radical (unpaired) electrons. The van der Waals surface area contributed by atoms with E-state index in [1.165, 1.54) is 7.11 Å². The van der Waals surface area contributed by atoms with Crippen molar-refractivity contribution in [2.45, 2.75) is 12.8 Å². The van der Waals surface area contributed by atoms with Crippen molar-refractivity contribution in [2.24, 2.45) is 11.8 Å². The lowest BCUT2D eigenvalue weighted by Crippen LogP contribution is -2.42. The van der Waals surface area contributed by atoms with Crippen molar-refractivity contribution >= 4 is 45.3 Å². The number of methoxy groups -OCH3 is 1. The Kier molecular flexibility index (Phi) is 5.67. The molecule has 2 aromatic carbocycles. The number of esters is 2. The van der Waals surface area contributed by atoms with E-state index in [1.54, 1.807) is 49.4 Å². The van der Waals surface area contributed by atoms with E-state index in [0.717, 1.165) is 4.47 Å². The maximum atomic E-state index is 13.1. The minimum Gasteiger partial charge on any atom is -0.468 e. The molecular formula is C20H16BrClO5. The summed E-state index contributed by atoms with van der Waals surface area (Å²) in [5.41, 5.74) is 1.06. The zero-order valence-corrected chi connectivity index (χ0v) is 16.9. The Morgan fingerprint density at radius 3 is 2.48 bits per heavy atom. The van der Waals surface area contributed by atoms with Gasteiger partial charge in [0.15, 0.2) is 11.7 Å². The van der Waals surface area contributed by atoms with E-state index in [-0.39, 0.29) is 5.78 Å². The quantitative estimate of drug-likeness (QED) is 0.298. The predicted molar refractivity (Wildman–Crippen MR) is 103 cm³/mol. The van der Waals surface area contributed by atoms with Crippen LogP contribution in [-0.4, -0.2) is 24.8 Å². The topological polar surface area (TPSA) is 69.7 Å². The molecule has 1 aliphatic rings. The van der Waals surface area contributed by atoms with Gasteiger partial charge in [0.25, 0.3) is 0 Å². The van der Waals surface area contributed by atoms with Crippen LogP contribution in [0.25, 0.3) is 0 Å². The van der Waals surface area contributed by atoms with Gasteiger partial charge >= 0.3 is 11.9 Å². The Morgan fingerprint density at radius 1 is 1.19 bits per heavy atom. The molecule has 0 saturated heterocycles. The summed E-state index contributed by atoms with van der Waals surface area (Å²) in [6.07, 6.45) is 0. The van der Waals surface area contributed by atoms with Crippen LogP contribution in [0.2, 0.25) is 5.02 Å². The van der Waals surface area contributed by atoms with Gasteiger partial charge in [-0.3, -0.25) is 14.4 Å². The van der Waals surface area contributed by atoms with E-state index in [4.69, 9.17) is 21.1 Å². The minimum absolute atomic E-state index is 0.203. The van der Waals surface area contributed by atoms with Gasteiger partial charge in [0.2, 0.25) is 0 Å².